The maximum atomic E-state index is 12.1. The van der Waals surface area contributed by atoms with E-state index in [1.165, 1.54) is 0 Å². The van der Waals surface area contributed by atoms with Crippen LogP contribution in [-0.4, -0.2) is 41.0 Å². The molecular weight excluding hydrogens is 268 g/mol. The first kappa shape index (κ1) is 15.4. The molecule has 2 rings (SSSR count). The standard InChI is InChI=1S/C16H22N2O3/c1-16(2,3)10-18-12(9-17-14(20)15(18)21)8-11-4-6-13(19)7-5-11/h4-7,12,19H,8-10H2,1-3H3,(H,17,20)/t12-/m0/s1. The number of phenolic OH excluding ortho intramolecular Hbond substituents is 1. The first-order valence-corrected chi connectivity index (χ1v) is 7.13. The van der Waals surface area contributed by atoms with Crippen LogP contribution < -0.4 is 5.32 Å². The fourth-order valence-electron chi connectivity index (χ4n) is 2.49. The van der Waals surface area contributed by atoms with Gasteiger partial charge in [0.25, 0.3) is 0 Å². The van der Waals surface area contributed by atoms with E-state index in [0.717, 1.165) is 5.56 Å². The molecule has 0 aromatic heterocycles. The minimum atomic E-state index is -0.527. The predicted octanol–water partition coefficient (Wildman–Crippen LogP) is 1.31. The molecule has 1 aromatic carbocycles. The maximum absolute atomic E-state index is 12.1. The molecule has 1 aromatic rings. The smallest absolute Gasteiger partial charge is 0.312 e. The highest BCUT2D eigenvalue weighted by atomic mass is 16.3. The molecule has 2 amide bonds. The van der Waals surface area contributed by atoms with E-state index in [0.29, 0.717) is 19.5 Å². The lowest BCUT2D eigenvalue weighted by Crippen LogP contribution is -2.60. The van der Waals surface area contributed by atoms with E-state index in [2.05, 4.69) is 5.32 Å². The van der Waals surface area contributed by atoms with Crippen molar-refractivity contribution in [2.75, 3.05) is 13.1 Å². The zero-order valence-electron chi connectivity index (χ0n) is 12.7. The molecule has 5 nitrogen and oxygen atoms in total. The monoisotopic (exact) mass is 290 g/mol. The summed E-state index contributed by atoms with van der Waals surface area (Å²) in [5.41, 5.74) is 0.959. The van der Waals surface area contributed by atoms with Crippen LogP contribution in [0, 0.1) is 5.41 Å². The number of nitrogens with zero attached hydrogens (tertiary/aromatic N) is 1. The van der Waals surface area contributed by atoms with Crippen molar-refractivity contribution < 1.29 is 14.7 Å². The second kappa shape index (κ2) is 5.76. The van der Waals surface area contributed by atoms with Crippen LogP contribution in [0.2, 0.25) is 0 Å². The highest BCUT2D eigenvalue weighted by molar-refractivity contribution is 6.35. The summed E-state index contributed by atoms with van der Waals surface area (Å²) in [6.45, 7) is 7.14. The molecule has 5 heteroatoms. The van der Waals surface area contributed by atoms with Gasteiger partial charge in [0.15, 0.2) is 0 Å². The van der Waals surface area contributed by atoms with Gasteiger partial charge in [0.1, 0.15) is 5.75 Å². The number of piperazine rings is 1. The van der Waals surface area contributed by atoms with Crippen molar-refractivity contribution in [3.05, 3.63) is 29.8 Å². The van der Waals surface area contributed by atoms with E-state index in [1.54, 1.807) is 17.0 Å². The molecule has 114 valence electrons. The third-order valence-electron chi connectivity index (χ3n) is 3.45. The highest BCUT2D eigenvalue weighted by Gasteiger charge is 2.35. The summed E-state index contributed by atoms with van der Waals surface area (Å²) < 4.78 is 0. The Hall–Kier alpha value is -2.04. The number of nitrogens with one attached hydrogen (secondary N) is 1. The summed E-state index contributed by atoms with van der Waals surface area (Å²) >= 11 is 0. The first-order chi connectivity index (χ1) is 9.76. The van der Waals surface area contributed by atoms with Crippen molar-refractivity contribution >= 4 is 11.8 Å². The Morgan fingerprint density at radius 2 is 1.86 bits per heavy atom. The average molecular weight is 290 g/mol. The molecule has 1 aliphatic heterocycles. The Labute approximate surface area is 125 Å². The Morgan fingerprint density at radius 3 is 2.43 bits per heavy atom. The zero-order valence-corrected chi connectivity index (χ0v) is 12.7. The normalized spacial score (nSPS) is 19.6. The van der Waals surface area contributed by atoms with Crippen molar-refractivity contribution in [3.8, 4) is 5.75 Å². The molecule has 2 N–H and O–H groups in total. The Bertz CT molecular complexity index is 531. The van der Waals surface area contributed by atoms with Gasteiger partial charge in [0.05, 0.1) is 6.04 Å². The van der Waals surface area contributed by atoms with Crippen LogP contribution in [0.4, 0.5) is 0 Å². The number of phenols is 1. The number of carbonyl (C=O) groups excluding carboxylic acids is 2. The summed E-state index contributed by atoms with van der Waals surface area (Å²) in [6, 6.07) is 6.88. The Kier molecular flexibility index (Phi) is 4.21. The molecule has 1 fully saturated rings. The summed E-state index contributed by atoms with van der Waals surface area (Å²) in [5.74, 6) is -0.764. The van der Waals surface area contributed by atoms with Gasteiger partial charge in [-0.15, -0.1) is 0 Å². The maximum Gasteiger partial charge on any atom is 0.312 e. The van der Waals surface area contributed by atoms with Gasteiger partial charge in [-0.2, -0.15) is 0 Å². The minimum Gasteiger partial charge on any atom is -0.508 e. The molecule has 0 radical (unpaired) electrons. The number of amides is 2. The number of aromatic hydroxyl groups is 1. The van der Waals surface area contributed by atoms with Crippen LogP contribution in [0.15, 0.2) is 24.3 Å². The van der Waals surface area contributed by atoms with E-state index in [1.807, 2.05) is 32.9 Å². The van der Waals surface area contributed by atoms with Crippen LogP contribution >= 0.6 is 0 Å². The van der Waals surface area contributed by atoms with Crippen molar-refractivity contribution in [1.29, 1.82) is 0 Å². The van der Waals surface area contributed by atoms with Crippen LogP contribution in [-0.2, 0) is 16.0 Å². The number of hydrogen-bond donors (Lipinski definition) is 2. The van der Waals surface area contributed by atoms with Gasteiger partial charge < -0.3 is 15.3 Å². The average Bonchev–Trinajstić information content (AvgIpc) is 2.39. The van der Waals surface area contributed by atoms with E-state index in [-0.39, 0.29) is 17.2 Å². The molecule has 1 heterocycles. The van der Waals surface area contributed by atoms with E-state index in [4.69, 9.17) is 0 Å². The van der Waals surface area contributed by atoms with E-state index < -0.39 is 11.8 Å². The Balaban J connectivity index is 2.16. The number of carbonyl (C=O) groups is 2. The summed E-state index contributed by atoms with van der Waals surface area (Å²) in [4.78, 5) is 25.4. The summed E-state index contributed by atoms with van der Waals surface area (Å²) in [7, 11) is 0. The number of benzene rings is 1. The minimum absolute atomic E-state index is 0.0565. The first-order valence-electron chi connectivity index (χ1n) is 7.13. The quantitative estimate of drug-likeness (QED) is 0.825. The van der Waals surface area contributed by atoms with Crippen molar-refractivity contribution in [2.45, 2.75) is 33.2 Å². The SMILES string of the molecule is CC(C)(C)CN1C(=O)C(=O)NC[C@@H]1Cc1ccc(O)cc1. The van der Waals surface area contributed by atoms with Gasteiger partial charge in [-0.3, -0.25) is 9.59 Å². The lowest BCUT2D eigenvalue weighted by molar-refractivity contribution is -0.151. The van der Waals surface area contributed by atoms with Gasteiger partial charge >= 0.3 is 11.8 Å². The van der Waals surface area contributed by atoms with Crippen LogP contribution in [0.3, 0.4) is 0 Å². The van der Waals surface area contributed by atoms with Crippen LogP contribution in [0.1, 0.15) is 26.3 Å². The van der Waals surface area contributed by atoms with E-state index in [9.17, 15) is 14.7 Å². The molecule has 0 aliphatic carbocycles. The second-order valence-corrected chi connectivity index (χ2v) is 6.73. The molecule has 0 unspecified atom stereocenters. The predicted molar refractivity (Wildman–Crippen MR) is 79.8 cm³/mol. The Morgan fingerprint density at radius 1 is 1.24 bits per heavy atom. The number of rotatable bonds is 3. The van der Waals surface area contributed by atoms with Crippen molar-refractivity contribution in [1.82, 2.24) is 10.2 Å². The van der Waals surface area contributed by atoms with Crippen molar-refractivity contribution in [3.63, 3.8) is 0 Å². The van der Waals surface area contributed by atoms with E-state index >= 15 is 0 Å². The largest absolute Gasteiger partial charge is 0.508 e. The highest BCUT2D eigenvalue weighted by Crippen LogP contribution is 2.21. The van der Waals surface area contributed by atoms with Gasteiger partial charge in [0, 0.05) is 13.1 Å². The molecule has 1 saturated heterocycles. The molecule has 21 heavy (non-hydrogen) atoms. The lowest BCUT2D eigenvalue weighted by Gasteiger charge is -2.39. The van der Waals surface area contributed by atoms with Gasteiger partial charge in [-0.05, 0) is 29.5 Å². The fourth-order valence-corrected chi connectivity index (χ4v) is 2.49. The fraction of sp³-hybridized carbons (Fsp3) is 0.500. The molecule has 0 spiro atoms. The second-order valence-electron chi connectivity index (χ2n) is 6.73. The molecule has 1 atom stereocenters. The lowest BCUT2D eigenvalue weighted by atomic mass is 9.93. The third-order valence-corrected chi connectivity index (χ3v) is 3.45. The van der Waals surface area contributed by atoms with Gasteiger partial charge in [-0.25, -0.2) is 0 Å². The van der Waals surface area contributed by atoms with Crippen LogP contribution in [0.25, 0.3) is 0 Å². The van der Waals surface area contributed by atoms with Crippen LogP contribution in [0.5, 0.6) is 5.75 Å². The van der Waals surface area contributed by atoms with Gasteiger partial charge in [-0.1, -0.05) is 32.9 Å². The van der Waals surface area contributed by atoms with Gasteiger partial charge in [0.2, 0.25) is 0 Å². The molecule has 0 saturated carbocycles. The molecule has 0 bridgehead atoms. The summed E-state index contributed by atoms with van der Waals surface area (Å²) in [5, 5.41) is 12.0. The number of hydrogen-bond acceptors (Lipinski definition) is 3. The third kappa shape index (κ3) is 3.97. The molecular formula is C16H22N2O3. The molecule has 1 aliphatic rings. The zero-order chi connectivity index (χ0) is 15.6. The summed E-state index contributed by atoms with van der Waals surface area (Å²) in [6.07, 6.45) is 0.655. The van der Waals surface area contributed by atoms with Crippen molar-refractivity contribution in [2.24, 2.45) is 5.41 Å². The topological polar surface area (TPSA) is 69.6 Å².